The Morgan fingerprint density at radius 1 is 1.47 bits per heavy atom. The van der Waals surface area contributed by atoms with Crippen molar-refractivity contribution >= 4 is 28.9 Å². The average Bonchev–Trinajstić information content (AvgIpc) is 2.66. The molecule has 0 bridgehead atoms. The Morgan fingerprint density at radius 3 is 2.74 bits per heavy atom. The second-order valence-electron chi connectivity index (χ2n) is 4.83. The van der Waals surface area contributed by atoms with Gasteiger partial charge in [-0.05, 0) is 32.4 Å². The molecule has 1 heterocycles. The standard InChI is InChI=1S/C14H19ClN2O2/c1-4-8(3)17(5-2)12-7-11-9(6-10(12)15)13(18)14(19)16-11/h6-8,13,18H,4-5H2,1-3H3,(H,16,19). The van der Waals surface area contributed by atoms with Crippen LogP contribution in [-0.4, -0.2) is 23.6 Å². The van der Waals surface area contributed by atoms with Gasteiger partial charge in [-0.2, -0.15) is 0 Å². The molecule has 19 heavy (non-hydrogen) atoms. The van der Waals surface area contributed by atoms with Crippen LogP contribution in [-0.2, 0) is 4.79 Å². The van der Waals surface area contributed by atoms with Crippen LogP contribution >= 0.6 is 11.6 Å². The van der Waals surface area contributed by atoms with Gasteiger partial charge >= 0.3 is 0 Å². The third-order valence-electron chi connectivity index (χ3n) is 3.69. The fourth-order valence-electron chi connectivity index (χ4n) is 2.41. The Labute approximate surface area is 118 Å². The van der Waals surface area contributed by atoms with Crippen molar-refractivity contribution in [1.82, 2.24) is 0 Å². The van der Waals surface area contributed by atoms with E-state index < -0.39 is 12.0 Å². The summed E-state index contributed by atoms with van der Waals surface area (Å²) in [5, 5.41) is 13.0. The van der Waals surface area contributed by atoms with Crippen LogP contribution in [0.5, 0.6) is 0 Å². The van der Waals surface area contributed by atoms with Gasteiger partial charge < -0.3 is 15.3 Å². The van der Waals surface area contributed by atoms with Crippen LogP contribution in [0.2, 0.25) is 5.02 Å². The second kappa shape index (κ2) is 5.39. The Hall–Kier alpha value is -1.26. The highest BCUT2D eigenvalue weighted by molar-refractivity contribution is 6.33. The Balaban J connectivity index is 2.44. The molecule has 0 aromatic heterocycles. The zero-order valence-corrected chi connectivity index (χ0v) is 12.2. The van der Waals surface area contributed by atoms with E-state index in [0.29, 0.717) is 22.3 Å². The number of carbonyl (C=O) groups excluding carboxylic acids is 1. The van der Waals surface area contributed by atoms with E-state index in [1.807, 2.05) is 6.07 Å². The number of anilines is 2. The second-order valence-corrected chi connectivity index (χ2v) is 5.23. The van der Waals surface area contributed by atoms with Gasteiger partial charge in [0.2, 0.25) is 0 Å². The number of hydrogen-bond acceptors (Lipinski definition) is 3. The molecule has 1 amide bonds. The molecular formula is C14H19ClN2O2. The molecule has 2 rings (SSSR count). The Kier molecular flexibility index (Phi) is 4.02. The molecule has 0 spiro atoms. The summed E-state index contributed by atoms with van der Waals surface area (Å²) in [6.45, 7) is 7.17. The van der Waals surface area contributed by atoms with Crippen LogP contribution in [0, 0.1) is 0 Å². The van der Waals surface area contributed by atoms with Gasteiger partial charge in [-0.15, -0.1) is 0 Å². The number of fused-ring (bicyclic) bond motifs is 1. The number of aliphatic hydroxyl groups excluding tert-OH is 1. The molecule has 1 aliphatic rings. The average molecular weight is 283 g/mol. The molecule has 2 unspecified atom stereocenters. The lowest BCUT2D eigenvalue weighted by Gasteiger charge is -2.30. The van der Waals surface area contributed by atoms with Crippen LogP contribution in [0.4, 0.5) is 11.4 Å². The van der Waals surface area contributed by atoms with E-state index in [-0.39, 0.29) is 0 Å². The fourth-order valence-corrected chi connectivity index (χ4v) is 2.69. The van der Waals surface area contributed by atoms with Crippen molar-refractivity contribution in [3.8, 4) is 0 Å². The van der Waals surface area contributed by atoms with Gasteiger partial charge in [0, 0.05) is 23.8 Å². The molecule has 0 saturated heterocycles. The van der Waals surface area contributed by atoms with Crippen molar-refractivity contribution in [3.63, 3.8) is 0 Å². The van der Waals surface area contributed by atoms with Crippen molar-refractivity contribution in [2.45, 2.75) is 39.3 Å². The third-order valence-corrected chi connectivity index (χ3v) is 4.00. The Bertz CT molecular complexity index is 504. The van der Waals surface area contributed by atoms with Gasteiger partial charge in [-0.1, -0.05) is 18.5 Å². The zero-order chi connectivity index (χ0) is 14.2. The summed E-state index contributed by atoms with van der Waals surface area (Å²) >= 11 is 6.30. The number of carbonyl (C=O) groups is 1. The fraction of sp³-hybridized carbons (Fsp3) is 0.500. The van der Waals surface area contributed by atoms with Crippen LogP contribution < -0.4 is 10.2 Å². The molecular weight excluding hydrogens is 264 g/mol. The van der Waals surface area contributed by atoms with E-state index >= 15 is 0 Å². The number of amides is 1. The van der Waals surface area contributed by atoms with Gasteiger partial charge in [0.15, 0.2) is 6.10 Å². The van der Waals surface area contributed by atoms with Gasteiger partial charge in [-0.25, -0.2) is 0 Å². The number of benzene rings is 1. The van der Waals surface area contributed by atoms with E-state index in [1.54, 1.807) is 6.07 Å². The first-order valence-electron chi connectivity index (χ1n) is 6.58. The molecule has 1 aliphatic heterocycles. The number of halogens is 1. The maximum atomic E-state index is 11.5. The van der Waals surface area contributed by atoms with Crippen LogP contribution in [0.15, 0.2) is 12.1 Å². The number of aliphatic hydroxyl groups is 1. The minimum Gasteiger partial charge on any atom is -0.378 e. The van der Waals surface area contributed by atoms with Gasteiger partial charge in [0.25, 0.3) is 5.91 Å². The molecule has 104 valence electrons. The summed E-state index contributed by atoms with van der Waals surface area (Å²) < 4.78 is 0. The third kappa shape index (κ3) is 2.42. The molecule has 0 radical (unpaired) electrons. The predicted octanol–water partition coefficient (Wildman–Crippen LogP) is 2.95. The van der Waals surface area contributed by atoms with Gasteiger partial charge in [0.1, 0.15) is 0 Å². The van der Waals surface area contributed by atoms with Crippen LogP contribution in [0.3, 0.4) is 0 Å². The van der Waals surface area contributed by atoms with Crippen molar-refractivity contribution in [1.29, 1.82) is 0 Å². The van der Waals surface area contributed by atoms with Gasteiger partial charge in [0.05, 0.1) is 10.7 Å². The van der Waals surface area contributed by atoms with E-state index in [9.17, 15) is 9.90 Å². The van der Waals surface area contributed by atoms with E-state index in [1.165, 1.54) is 0 Å². The lowest BCUT2D eigenvalue weighted by Crippen LogP contribution is -2.32. The van der Waals surface area contributed by atoms with Crippen LogP contribution in [0.25, 0.3) is 0 Å². The lowest BCUT2D eigenvalue weighted by atomic mass is 10.1. The number of rotatable bonds is 4. The van der Waals surface area contributed by atoms with E-state index in [4.69, 9.17) is 11.6 Å². The molecule has 0 fully saturated rings. The van der Waals surface area contributed by atoms with Crippen molar-refractivity contribution in [2.24, 2.45) is 0 Å². The molecule has 0 saturated carbocycles. The zero-order valence-electron chi connectivity index (χ0n) is 11.4. The smallest absolute Gasteiger partial charge is 0.257 e. The molecule has 2 N–H and O–H groups in total. The largest absolute Gasteiger partial charge is 0.378 e. The number of hydrogen-bond donors (Lipinski definition) is 2. The number of nitrogens with one attached hydrogen (secondary N) is 1. The van der Waals surface area contributed by atoms with Gasteiger partial charge in [-0.3, -0.25) is 4.79 Å². The molecule has 1 aromatic carbocycles. The molecule has 5 heteroatoms. The summed E-state index contributed by atoms with van der Waals surface area (Å²) in [4.78, 5) is 13.7. The van der Waals surface area contributed by atoms with Crippen LogP contribution in [0.1, 0.15) is 38.9 Å². The topological polar surface area (TPSA) is 52.6 Å². The SMILES string of the molecule is CCC(C)N(CC)c1cc2c(cc1Cl)C(O)C(=O)N2. The lowest BCUT2D eigenvalue weighted by molar-refractivity contribution is -0.123. The predicted molar refractivity (Wildman–Crippen MR) is 77.8 cm³/mol. The summed E-state index contributed by atoms with van der Waals surface area (Å²) in [6.07, 6.45) is -0.101. The summed E-state index contributed by atoms with van der Waals surface area (Å²) in [5.41, 5.74) is 2.10. The minimum absolute atomic E-state index is 0.363. The molecule has 4 nitrogen and oxygen atoms in total. The van der Waals surface area contributed by atoms with E-state index in [0.717, 1.165) is 18.7 Å². The van der Waals surface area contributed by atoms with Crippen molar-refractivity contribution in [2.75, 3.05) is 16.8 Å². The summed E-state index contributed by atoms with van der Waals surface area (Å²) in [7, 11) is 0. The molecule has 0 aliphatic carbocycles. The van der Waals surface area contributed by atoms with Crippen molar-refractivity contribution < 1.29 is 9.90 Å². The van der Waals surface area contributed by atoms with Crippen molar-refractivity contribution in [3.05, 3.63) is 22.7 Å². The minimum atomic E-state index is -1.11. The number of nitrogens with zero attached hydrogens (tertiary/aromatic N) is 1. The maximum Gasteiger partial charge on any atom is 0.257 e. The summed E-state index contributed by atoms with van der Waals surface area (Å²) in [6, 6.07) is 3.89. The molecule has 1 aromatic rings. The molecule has 2 atom stereocenters. The maximum absolute atomic E-state index is 11.5. The first-order chi connectivity index (χ1) is 8.99. The first kappa shape index (κ1) is 14.2. The highest BCUT2D eigenvalue weighted by Crippen LogP contribution is 2.39. The highest BCUT2D eigenvalue weighted by atomic mass is 35.5. The van der Waals surface area contributed by atoms with E-state index in [2.05, 4.69) is 31.0 Å². The monoisotopic (exact) mass is 282 g/mol. The first-order valence-corrected chi connectivity index (χ1v) is 6.96. The Morgan fingerprint density at radius 2 is 2.16 bits per heavy atom. The summed E-state index contributed by atoms with van der Waals surface area (Å²) in [5.74, 6) is -0.394. The quantitative estimate of drug-likeness (QED) is 0.893. The normalized spacial score (nSPS) is 19.0. The highest BCUT2D eigenvalue weighted by Gasteiger charge is 2.30.